The van der Waals surface area contributed by atoms with Gasteiger partial charge in [-0.2, -0.15) is 0 Å². The number of amides is 6. The van der Waals surface area contributed by atoms with E-state index >= 15 is 0 Å². The van der Waals surface area contributed by atoms with Gasteiger partial charge >= 0.3 is 6.09 Å². The molecule has 6 amide bonds. The van der Waals surface area contributed by atoms with E-state index in [1.54, 1.807) is 20.8 Å². The average Bonchev–Trinajstić information content (AvgIpc) is 3.28. The summed E-state index contributed by atoms with van der Waals surface area (Å²) in [6, 6.07) is -0.948. The topological polar surface area (TPSA) is 181 Å². The highest BCUT2D eigenvalue weighted by atomic mass is 16.6. The van der Waals surface area contributed by atoms with Gasteiger partial charge in [-0.3, -0.25) is 28.9 Å². The second-order valence-electron chi connectivity index (χ2n) is 14.8. The molecule has 0 bridgehead atoms. The summed E-state index contributed by atoms with van der Waals surface area (Å²) in [5.41, 5.74) is -2.46. The van der Waals surface area contributed by atoms with Gasteiger partial charge < -0.3 is 35.5 Å². The molecule has 0 aliphatic carbocycles. The van der Waals surface area contributed by atoms with E-state index in [1.807, 2.05) is 48.5 Å². The number of hydrogen-bond donors (Lipinski definition) is 4. The van der Waals surface area contributed by atoms with Gasteiger partial charge in [-0.15, -0.1) is 0 Å². The minimum atomic E-state index is -0.948. The zero-order valence-corrected chi connectivity index (χ0v) is 30.6. The van der Waals surface area contributed by atoms with E-state index < -0.39 is 52.1 Å². The molecule has 14 nitrogen and oxygen atoms in total. The van der Waals surface area contributed by atoms with E-state index in [4.69, 9.17) is 14.2 Å². The van der Waals surface area contributed by atoms with Crippen LogP contribution in [-0.4, -0.2) is 103 Å². The second kappa shape index (κ2) is 18.9. The van der Waals surface area contributed by atoms with Gasteiger partial charge in [0.1, 0.15) is 11.6 Å². The molecular weight excluding hydrogens is 622 g/mol. The van der Waals surface area contributed by atoms with Crippen molar-refractivity contribution in [3.8, 4) is 0 Å². The molecule has 14 heteroatoms. The van der Waals surface area contributed by atoms with Crippen LogP contribution in [0.25, 0.3) is 0 Å². The maximum absolute atomic E-state index is 12.9. The van der Waals surface area contributed by atoms with Crippen LogP contribution < -0.4 is 21.3 Å². The van der Waals surface area contributed by atoms with Crippen LogP contribution in [0, 0.1) is 5.41 Å². The summed E-state index contributed by atoms with van der Waals surface area (Å²) in [4.78, 5) is 74.5. The number of carbonyl (C=O) groups excluding carboxylic acids is 6. The molecule has 1 heterocycles. The Morgan fingerprint density at radius 3 is 1.98 bits per heavy atom. The normalized spacial score (nSPS) is 14.5. The smallest absolute Gasteiger partial charge is 0.408 e. The molecule has 1 rings (SSSR count). The molecule has 0 aromatic heterocycles. The first-order valence-corrected chi connectivity index (χ1v) is 16.7. The lowest BCUT2D eigenvalue weighted by Gasteiger charge is -2.29. The maximum Gasteiger partial charge on any atom is 0.408 e. The number of hydrogen-bond acceptors (Lipinski definition) is 9. The fourth-order valence-corrected chi connectivity index (χ4v) is 4.13. The molecule has 0 aromatic rings. The minimum Gasteiger partial charge on any atom is -0.444 e. The standard InChI is InChI=1S/C34H59N5O9/c1-11-33(7,8)47-23-24(38-30(45)48-31(2,3)4)28(43)36-18-12-19-37-29(44)32(5,6)17-22-46-34(9,10)16-20-35-25(40)15-21-39-26(41)13-14-27(39)42/h13-14,24H,11-12,15-23H2,1-10H3,(H,35,40)(H,36,43)(H,37,44)(H,38,45). The van der Waals surface area contributed by atoms with Gasteiger partial charge in [0, 0.05) is 56.8 Å². The van der Waals surface area contributed by atoms with Crippen LogP contribution in [0.15, 0.2) is 12.2 Å². The van der Waals surface area contributed by atoms with Crippen molar-refractivity contribution in [1.82, 2.24) is 26.2 Å². The van der Waals surface area contributed by atoms with Crippen molar-refractivity contribution >= 4 is 35.6 Å². The predicted molar refractivity (Wildman–Crippen MR) is 181 cm³/mol. The Balaban J connectivity index is 2.39. The number of alkyl carbamates (subject to hydrolysis) is 1. The molecule has 4 N–H and O–H groups in total. The zero-order valence-electron chi connectivity index (χ0n) is 30.6. The molecule has 0 saturated heterocycles. The molecule has 1 aliphatic heterocycles. The first kappa shape index (κ1) is 42.5. The van der Waals surface area contributed by atoms with E-state index in [9.17, 15) is 28.8 Å². The SMILES string of the molecule is CCC(C)(C)OCC(NC(=O)OC(C)(C)C)C(=O)NCCCNC(=O)C(C)(C)CCOC(C)(C)CCNC(=O)CCN1C(=O)C=CC1=O. The lowest BCUT2D eigenvalue weighted by Crippen LogP contribution is -2.52. The summed E-state index contributed by atoms with van der Waals surface area (Å²) in [7, 11) is 0. The highest BCUT2D eigenvalue weighted by Gasteiger charge is 2.30. The summed E-state index contributed by atoms with van der Waals surface area (Å²) in [5.74, 6) is -1.66. The van der Waals surface area contributed by atoms with Crippen LogP contribution in [0.3, 0.4) is 0 Å². The van der Waals surface area contributed by atoms with E-state index in [0.717, 1.165) is 11.3 Å². The van der Waals surface area contributed by atoms with Gasteiger partial charge in [-0.1, -0.05) is 20.8 Å². The Morgan fingerprint density at radius 1 is 0.792 bits per heavy atom. The summed E-state index contributed by atoms with van der Waals surface area (Å²) in [6.45, 7) is 19.8. The van der Waals surface area contributed by atoms with Crippen LogP contribution in [0.5, 0.6) is 0 Å². The van der Waals surface area contributed by atoms with Gasteiger partial charge in [-0.25, -0.2) is 4.79 Å². The molecule has 0 saturated carbocycles. The van der Waals surface area contributed by atoms with Crippen LogP contribution in [0.1, 0.15) is 101 Å². The van der Waals surface area contributed by atoms with Crippen LogP contribution in [0.4, 0.5) is 4.79 Å². The summed E-state index contributed by atoms with van der Waals surface area (Å²) in [5, 5.41) is 11.1. The maximum atomic E-state index is 12.9. The van der Waals surface area contributed by atoms with Gasteiger partial charge in [0.2, 0.25) is 17.7 Å². The molecule has 0 spiro atoms. The third-order valence-electron chi connectivity index (χ3n) is 7.78. The van der Waals surface area contributed by atoms with Crippen LogP contribution >= 0.6 is 0 Å². The summed E-state index contributed by atoms with van der Waals surface area (Å²) < 4.78 is 17.2. The predicted octanol–water partition coefficient (Wildman–Crippen LogP) is 2.74. The number of ether oxygens (including phenoxy) is 3. The lowest BCUT2D eigenvalue weighted by atomic mass is 9.88. The summed E-state index contributed by atoms with van der Waals surface area (Å²) in [6.07, 6.45) is 3.87. The van der Waals surface area contributed by atoms with E-state index in [0.29, 0.717) is 39.0 Å². The third kappa shape index (κ3) is 17.0. The Morgan fingerprint density at radius 2 is 1.40 bits per heavy atom. The van der Waals surface area contributed by atoms with Crippen LogP contribution in [0.2, 0.25) is 0 Å². The van der Waals surface area contributed by atoms with Crippen LogP contribution in [-0.2, 0) is 38.2 Å². The molecule has 1 atom stereocenters. The molecule has 0 fully saturated rings. The number of rotatable bonds is 21. The monoisotopic (exact) mass is 681 g/mol. The van der Waals surface area contributed by atoms with Crippen molar-refractivity contribution < 1.29 is 43.0 Å². The molecule has 0 aromatic carbocycles. The molecule has 274 valence electrons. The Labute approximate surface area is 285 Å². The number of nitrogens with zero attached hydrogens (tertiary/aromatic N) is 1. The molecule has 0 radical (unpaired) electrons. The first-order chi connectivity index (χ1) is 22.1. The number of nitrogens with one attached hydrogen (secondary N) is 4. The second-order valence-corrected chi connectivity index (χ2v) is 14.8. The van der Waals surface area contributed by atoms with E-state index in [1.165, 1.54) is 12.2 Å². The summed E-state index contributed by atoms with van der Waals surface area (Å²) >= 11 is 0. The Kier molecular flexibility index (Phi) is 16.7. The molecule has 48 heavy (non-hydrogen) atoms. The van der Waals surface area contributed by atoms with Gasteiger partial charge in [-0.05, 0) is 74.1 Å². The van der Waals surface area contributed by atoms with Crippen molar-refractivity contribution in [3.63, 3.8) is 0 Å². The van der Waals surface area contributed by atoms with E-state index in [2.05, 4.69) is 21.3 Å². The minimum absolute atomic E-state index is 0.0202. The Hall–Kier alpha value is -3.52. The fraction of sp³-hybridized carbons (Fsp3) is 0.765. The quantitative estimate of drug-likeness (QED) is 0.105. The van der Waals surface area contributed by atoms with Crippen molar-refractivity contribution in [1.29, 1.82) is 0 Å². The zero-order chi connectivity index (χ0) is 36.8. The third-order valence-corrected chi connectivity index (χ3v) is 7.78. The molecule has 1 aliphatic rings. The molecule has 1 unspecified atom stereocenters. The van der Waals surface area contributed by atoms with Crippen molar-refractivity contribution in [3.05, 3.63) is 12.2 Å². The Bertz CT molecular complexity index is 1140. The average molecular weight is 682 g/mol. The van der Waals surface area contributed by atoms with Gasteiger partial charge in [0.15, 0.2) is 0 Å². The highest BCUT2D eigenvalue weighted by molar-refractivity contribution is 6.13. The van der Waals surface area contributed by atoms with Crippen molar-refractivity contribution in [2.75, 3.05) is 39.4 Å². The van der Waals surface area contributed by atoms with E-state index in [-0.39, 0.29) is 37.9 Å². The van der Waals surface area contributed by atoms with Gasteiger partial charge in [0.05, 0.1) is 17.8 Å². The molecular formula is C34H59N5O9. The van der Waals surface area contributed by atoms with Gasteiger partial charge in [0.25, 0.3) is 11.8 Å². The van der Waals surface area contributed by atoms with Crippen molar-refractivity contribution in [2.24, 2.45) is 5.41 Å². The largest absolute Gasteiger partial charge is 0.444 e. The number of carbonyl (C=O) groups is 6. The lowest BCUT2D eigenvalue weighted by molar-refractivity contribution is -0.137. The first-order valence-electron chi connectivity index (χ1n) is 16.7. The number of imide groups is 1. The highest BCUT2D eigenvalue weighted by Crippen LogP contribution is 2.23. The van der Waals surface area contributed by atoms with Crippen molar-refractivity contribution in [2.45, 2.75) is 124 Å². The fourth-order valence-electron chi connectivity index (χ4n) is 4.13.